The van der Waals surface area contributed by atoms with E-state index in [4.69, 9.17) is 0 Å². The van der Waals surface area contributed by atoms with Gasteiger partial charge >= 0.3 is 0 Å². The predicted molar refractivity (Wildman–Crippen MR) is 77.0 cm³/mol. The highest BCUT2D eigenvalue weighted by atomic mass is 79.9. The first-order valence-corrected chi connectivity index (χ1v) is 7.03. The summed E-state index contributed by atoms with van der Waals surface area (Å²) in [5, 5.41) is 4.39. The summed E-state index contributed by atoms with van der Waals surface area (Å²) in [4.78, 5) is 16.1. The average molecular weight is 322 g/mol. The van der Waals surface area contributed by atoms with Crippen molar-refractivity contribution in [3.8, 4) is 0 Å². The van der Waals surface area contributed by atoms with Crippen molar-refractivity contribution in [3.05, 3.63) is 46.0 Å². The van der Waals surface area contributed by atoms with Crippen LogP contribution in [0, 0.1) is 6.92 Å². The molecule has 0 aliphatic heterocycles. The highest BCUT2D eigenvalue weighted by Crippen LogP contribution is 2.22. The van der Waals surface area contributed by atoms with Gasteiger partial charge in [-0.05, 0) is 41.4 Å². The van der Waals surface area contributed by atoms with Gasteiger partial charge in [-0.25, -0.2) is 0 Å². The lowest BCUT2D eigenvalue weighted by molar-refractivity contribution is -0.117. The van der Waals surface area contributed by atoms with E-state index in [1.807, 2.05) is 30.7 Å². The molecular formula is C14H16BrN3O. The minimum Gasteiger partial charge on any atom is -0.299 e. The Hall–Kier alpha value is -1.49. The van der Waals surface area contributed by atoms with Gasteiger partial charge in [0.2, 0.25) is 0 Å². The molecule has 2 heterocycles. The zero-order valence-electron chi connectivity index (χ0n) is 11.1. The van der Waals surface area contributed by atoms with E-state index in [1.54, 1.807) is 12.4 Å². The molecule has 100 valence electrons. The van der Waals surface area contributed by atoms with E-state index in [0.717, 1.165) is 28.0 Å². The molecule has 0 spiro atoms. The van der Waals surface area contributed by atoms with Crippen molar-refractivity contribution >= 4 is 21.7 Å². The second-order valence-electron chi connectivity index (χ2n) is 4.42. The lowest BCUT2D eigenvalue weighted by atomic mass is 10.1. The van der Waals surface area contributed by atoms with Crippen LogP contribution in [0.15, 0.2) is 29.0 Å². The predicted octanol–water partition coefficient (Wildman–Crippen LogP) is 2.72. The van der Waals surface area contributed by atoms with Crippen LogP contribution in [0.4, 0.5) is 0 Å². The first-order chi connectivity index (χ1) is 9.11. The summed E-state index contributed by atoms with van der Waals surface area (Å²) in [6, 6.07) is 3.77. The molecule has 0 aromatic carbocycles. The van der Waals surface area contributed by atoms with E-state index >= 15 is 0 Å². The summed E-state index contributed by atoms with van der Waals surface area (Å²) in [7, 11) is 0. The SMILES string of the molecule is CCn1nc(C)c(Br)c1CC(=O)Cc1cccnc1. The Morgan fingerprint density at radius 1 is 1.42 bits per heavy atom. The van der Waals surface area contributed by atoms with E-state index < -0.39 is 0 Å². The van der Waals surface area contributed by atoms with Gasteiger partial charge in [0.25, 0.3) is 0 Å². The highest BCUT2D eigenvalue weighted by molar-refractivity contribution is 9.10. The van der Waals surface area contributed by atoms with Crippen molar-refractivity contribution in [2.45, 2.75) is 33.2 Å². The largest absolute Gasteiger partial charge is 0.299 e. The maximum atomic E-state index is 12.1. The summed E-state index contributed by atoms with van der Waals surface area (Å²) in [5.74, 6) is 0.170. The molecule has 4 nitrogen and oxygen atoms in total. The molecule has 0 saturated carbocycles. The number of hydrogen-bond donors (Lipinski definition) is 0. The van der Waals surface area contributed by atoms with E-state index in [2.05, 4.69) is 26.0 Å². The number of aromatic nitrogens is 3. The number of nitrogens with zero attached hydrogens (tertiary/aromatic N) is 3. The van der Waals surface area contributed by atoms with E-state index in [0.29, 0.717) is 12.8 Å². The lowest BCUT2D eigenvalue weighted by Gasteiger charge is -2.05. The molecule has 0 amide bonds. The van der Waals surface area contributed by atoms with E-state index in [9.17, 15) is 4.79 Å². The van der Waals surface area contributed by atoms with Crippen molar-refractivity contribution in [1.82, 2.24) is 14.8 Å². The number of halogens is 1. The van der Waals surface area contributed by atoms with Crippen LogP contribution in [0.3, 0.4) is 0 Å². The fourth-order valence-corrected chi connectivity index (χ4v) is 2.44. The Kier molecular flexibility index (Phi) is 4.47. The second-order valence-corrected chi connectivity index (χ2v) is 5.21. The third-order valence-electron chi connectivity index (χ3n) is 2.94. The molecule has 0 aliphatic rings. The van der Waals surface area contributed by atoms with Crippen molar-refractivity contribution in [3.63, 3.8) is 0 Å². The minimum absolute atomic E-state index is 0.170. The molecule has 0 fully saturated rings. The van der Waals surface area contributed by atoms with Crippen LogP contribution in [0.1, 0.15) is 23.9 Å². The van der Waals surface area contributed by atoms with E-state index in [-0.39, 0.29) is 5.78 Å². The van der Waals surface area contributed by atoms with Crippen molar-refractivity contribution in [2.75, 3.05) is 0 Å². The monoisotopic (exact) mass is 321 g/mol. The number of rotatable bonds is 5. The topological polar surface area (TPSA) is 47.8 Å². The number of Topliss-reactive ketones (excluding diaryl/α,β-unsaturated/α-hetero) is 1. The second kappa shape index (κ2) is 6.10. The van der Waals surface area contributed by atoms with Crippen LogP contribution in [-0.2, 0) is 24.2 Å². The molecule has 0 radical (unpaired) electrons. The van der Waals surface area contributed by atoms with Crippen LogP contribution in [0.25, 0.3) is 0 Å². The lowest BCUT2D eigenvalue weighted by Crippen LogP contribution is -2.12. The van der Waals surface area contributed by atoms with Gasteiger partial charge in [0.1, 0.15) is 5.78 Å². The summed E-state index contributed by atoms with van der Waals surface area (Å²) in [6.07, 6.45) is 4.24. The van der Waals surface area contributed by atoms with Gasteiger partial charge in [-0.3, -0.25) is 14.5 Å². The summed E-state index contributed by atoms with van der Waals surface area (Å²) in [6.45, 7) is 4.72. The van der Waals surface area contributed by atoms with Gasteiger partial charge in [0.05, 0.1) is 15.9 Å². The van der Waals surface area contributed by atoms with Crippen molar-refractivity contribution < 1.29 is 4.79 Å². The summed E-state index contributed by atoms with van der Waals surface area (Å²) < 4.78 is 2.81. The first-order valence-electron chi connectivity index (χ1n) is 6.24. The number of carbonyl (C=O) groups is 1. The van der Waals surface area contributed by atoms with Crippen molar-refractivity contribution in [1.29, 1.82) is 0 Å². The molecule has 0 aliphatic carbocycles. The standard InChI is InChI=1S/C14H16BrN3O/c1-3-18-13(14(15)10(2)17-18)8-12(19)7-11-5-4-6-16-9-11/h4-6,9H,3,7-8H2,1-2H3. The average Bonchev–Trinajstić information content (AvgIpc) is 2.67. The molecule has 19 heavy (non-hydrogen) atoms. The normalized spacial score (nSPS) is 10.7. The van der Waals surface area contributed by atoms with Gasteiger partial charge < -0.3 is 0 Å². The molecule has 0 atom stereocenters. The van der Waals surface area contributed by atoms with Gasteiger partial charge in [0.15, 0.2) is 0 Å². The number of hydrogen-bond acceptors (Lipinski definition) is 3. The maximum Gasteiger partial charge on any atom is 0.143 e. The Balaban J connectivity index is 2.11. The van der Waals surface area contributed by atoms with Gasteiger partial charge in [0, 0.05) is 31.8 Å². The fourth-order valence-electron chi connectivity index (χ4n) is 2.02. The fraction of sp³-hybridized carbons (Fsp3) is 0.357. The van der Waals surface area contributed by atoms with Crippen LogP contribution >= 0.6 is 15.9 Å². The molecule has 2 aromatic heterocycles. The first kappa shape index (κ1) is 13.9. The summed E-state index contributed by atoms with van der Waals surface area (Å²) in [5.41, 5.74) is 2.82. The van der Waals surface area contributed by atoms with Gasteiger partial charge in [-0.15, -0.1) is 0 Å². The molecule has 5 heteroatoms. The third kappa shape index (κ3) is 3.29. The van der Waals surface area contributed by atoms with Crippen LogP contribution in [-0.4, -0.2) is 20.5 Å². The molecular weight excluding hydrogens is 306 g/mol. The molecule has 0 bridgehead atoms. The Morgan fingerprint density at radius 3 is 2.84 bits per heavy atom. The number of carbonyl (C=O) groups excluding carboxylic acids is 1. The minimum atomic E-state index is 0.170. The van der Waals surface area contributed by atoms with E-state index in [1.165, 1.54) is 0 Å². The maximum absolute atomic E-state index is 12.1. The highest BCUT2D eigenvalue weighted by Gasteiger charge is 2.15. The van der Waals surface area contributed by atoms with Gasteiger partial charge in [-0.1, -0.05) is 6.07 Å². The smallest absolute Gasteiger partial charge is 0.143 e. The Bertz CT molecular complexity index is 578. The molecule has 0 saturated heterocycles. The summed E-state index contributed by atoms with van der Waals surface area (Å²) >= 11 is 3.51. The van der Waals surface area contributed by atoms with Crippen LogP contribution < -0.4 is 0 Å². The van der Waals surface area contributed by atoms with Crippen LogP contribution in [0.2, 0.25) is 0 Å². The number of ketones is 1. The number of aryl methyl sites for hydroxylation is 2. The quantitative estimate of drug-likeness (QED) is 0.850. The Morgan fingerprint density at radius 2 is 2.21 bits per heavy atom. The van der Waals surface area contributed by atoms with Gasteiger partial charge in [-0.2, -0.15) is 5.10 Å². The zero-order valence-corrected chi connectivity index (χ0v) is 12.6. The molecule has 0 unspecified atom stereocenters. The molecule has 2 rings (SSSR count). The molecule has 2 aromatic rings. The zero-order chi connectivity index (χ0) is 13.8. The third-order valence-corrected chi connectivity index (χ3v) is 3.97. The Labute approximate surface area is 121 Å². The van der Waals surface area contributed by atoms with Crippen LogP contribution in [0.5, 0.6) is 0 Å². The van der Waals surface area contributed by atoms with Crippen molar-refractivity contribution in [2.24, 2.45) is 0 Å². The number of pyridine rings is 1. The molecule has 0 N–H and O–H groups in total.